The molecule has 0 radical (unpaired) electrons. The maximum atomic E-state index is 5.76. The lowest BCUT2D eigenvalue weighted by Gasteiger charge is -2.02. The quantitative estimate of drug-likeness (QED) is 0.678. The van der Waals surface area contributed by atoms with Crippen molar-refractivity contribution in [3.63, 3.8) is 0 Å². The maximum Gasteiger partial charge on any atom is 0.234 e. The number of aromatic nitrogens is 2. The highest BCUT2D eigenvalue weighted by molar-refractivity contribution is 7.10. The molecule has 3 aromatic rings. The lowest BCUT2D eigenvalue weighted by atomic mass is 10.2. The number of hydrogen-bond donors (Lipinski definition) is 0. The van der Waals surface area contributed by atoms with Gasteiger partial charge in [0.25, 0.3) is 0 Å². The number of rotatable bonds is 3. The predicted octanol–water partition coefficient (Wildman–Crippen LogP) is 4.17. The van der Waals surface area contributed by atoms with Crippen LogP contribution in [0, 0.1) is 11.8 Å². The molecule has 0 N–H and O–H groups in total. The summed E-state index contributed by atoms with van der Waals surface area (Å²) in [4.78, 5) is 9.02. The molecule has 2 aromatic heterocycles. The van der Waals surface area contributed by atoms with Crippen LogP contribution in [-0.4, -0.2) is 9.97 Å². The first-order chi connectivity index (χ1) is 10.8. The number of ether oxygens (including phenoxy) is 1. The van der Waals surface area contributed by atoms with Gasteiger partial charge in [0.2, 0.25) is 5.88 Å². The number of halogens is 1. The standard InChI is InChI=1S/C17H11ClN2OS/c18-16-9-19-10-17(20-16)21-11-15-8-14(12-22-15)7-6-13-4-2-1-3-5-13/h1-5,8-10,12H,11H2. The van der Waals surface area contributed by atoms with Gasteiger partial charge in [0, 0.05) is 21.4 Å². The average molecular weight is 327 g/mol. The fraction of sp³-hybridized carbons (Fsp3) is 0.0588. The summed E-state index contributed by atoms with van der Waals surface area (Å²) in [5.41, 5.74) is 1.98. The van der Waals surface area contributed by atoms with Crippen LogP contribution < -0.4 is 4.74 Å². The zero-order valence-corrected chi connectivity index (χ0v) is 13.1. The molecule has 3 rings (SSSR count). The average Bonchev–Trinajstić information content (AvgIpc) is 3.00. The first kappa shape index (κ1) is 14.6. The van der Waals surface area contributed by atoms with E-state index in [1.807, 2.05) is 41.8 Å². The van der Waals surface area contributed by atoms with Gasteiger partial charge in [-0.3, -0.25) is 4.98 Å². The van der Waals surface area contributed by atoms with Crippen molar-refractivity contribution in [3.05, 3.63) is 75.3 Å². The summed E-state index contributed by atoms with van der Waals surface area (Å²) in [5.74, 6) is 6.69. The van der Waals surface area contributed by atoms with E-state index in [2.05, 4.69) is 21.8 Å². The molecule has 0 aliphatic rings. The van der Waals surface area contributed by atoms with Gasteiger partial charge >= 0.3 is 0 Å². The minimum atomic E-state index is 0.318. The van der Waals surface area contributed by atoms with E-state index in [-0.39, 0.29) is 0 Å². The Balaban J connectivity index is 1.63. The highest BCUT2D eigenvalue weighted by Crippen LogP contribution is 2.17. The second-order valence-electron chi connectivity index (χ2n) is 4.39. The zero-order chi connectivity index (χ0) is 15.2. The number of nitrogens with zero attached hydrogens (tertiary/aromatic N) is 2. The summed E-state index contributed by atoms with van der Waals surface area (Å²) in [6.07, 6.45) is 3.01. The topological polar surface area (TPSA) is 35.0 Å². The Hall–Kier alpha value is -2.35. The fourth-order valence-electron chi connectivity index (χ4n) is 1.73. The van der Waals surface area contributed by atoms with E-state index in [1.165, 1.54) is 12.4 Å². The Morgan fingerprint density at radius 2 is 1.91 bits per heavy atom. The molecule has 0 saturated heterocycles. The Labute approximate surface area is 137 Å². The van der Waals surface area contributed by atoms with Crippen molar-refractivity contribution in [1.29, 1.82) is 0 Å². The molecule has 108 valence electrons. The highest BCUT2D eigenvalue weighted by Gasteiger charge is 2.01. The van der Waals surface area contributed by atoms with Crippen LogP contribution in [-0.2, 0) is 6.61 Å². The third-order valence-corrected chi connectivity index (χ3v) is 3.82. The van der Waals surface area contributed by atoms with E-state index in [9.17, 15) is 0 Å². The third-order valence-electron chi connectivity index (χ3n) is 2.72. The minimum absolute atomic E-state index is 0.318. The van der Waals surface area contributed by atoms with Crippen molar-refractivity contribution in [3.8, 4) is 17.7 Å². The van der Waals surface area contributed by atoms with Gasteiger partial charge in [0.05, 0.1) is 12.4 Å². The van der Waals surface area contributed by atoms with Crippen LogP contribution in [0.1, 0.15) is 16.0 Å². The van der Waals surface area contributed by atoms with E-state index < -0.39 is 0 Å². The van der Waals surface area contributed by atoms with Gasteiger partial charge in [-0.1, -0.05) is 41.6 Å². The third kappa shape index (κ3) is 4.08. The molecule has 0 amide bonds. The predicted molar refractivity (Wildman–Crippen MR) is 88.1 cm³/mol. The summed E-state index contributed by atoms with van der Waals surface area (Å²) in [5, 5.41) is 2.33. The summed E-state index contributed by atoms with van der Waals surface area (Å²) >= 11 is 7.36. The monoisotopic (exact) mass is 326 g/mol. The van der Waals surface area contributed by atoms with E-state index >= 15 is 0 Å². The van der Waals surface area contributed by atoms with E-state index in [4.69, 9.17) is 16.3 Å². The number of thiophene rings is 1. The Kier molecular flexibility index (Phi) is 4.69. The maximum absolute atomic E-state index is 5.76. The van der Waals surface area contributed by atoms with Crippen LogP contribution in [0.25, 0.3) is 0 Å². The van der Waals surface area contributed by atoms with E-state index in [1.54, 1.807) is 11.3 Å². The molecular weight excluding hydrogens is 316 g/mol. The normalized spacial score (nSPS) is 9.86. The second kappa shape index (κ2) is 7.08. The Bertz CT molecular complexity index is 821. The van der Waals surface area contributed by atoms with Crippen LogP contribution in [0.5, 0.6) is 5.88 Å². The van der Waals surface area contributed by atoms with Gasteiger partial charge < -0.3 is 4.74 Å². The molecule has 0 aliphatic heterocycles. The molecule has 0 spiro atoms. The van der Waals surface area contributed by atoms with Crippen molar-refractivity contribution in [1.82, 2.24) is 9.97 Å². The molecule has 1 aromatic carbocycles. The molecule has 5 heteroatoms. The summed E-state index contributed by atoms with van der Waals surface area (Å²) in [7, 11) is 0. The first-order valence-corrected chi connectivity index (χ1v) is 7.80. The summed E-state index contributed by atoms with van der Waals surface area (Å²) in [6, 6.07) is 11.9. The van der Waals surface area contributed by atoms with Crippen LogP contribution in [0.2, 0.25) is 5.15 Å². The lowest BCUT2D eigenvalue weighted by molar-refractivity contribution is 0.296. The van der Waals surface area contributed by atoms with Crippen LogP contribution in [0.4, 0.5) is 0 Å². The number of hydrogen-bond acceptors (Lipinski definition) is 4. The number of benzene rings is 1. The SMILES string of the molecule is Clc1cncc(OCc2cc(C#Cc3ccccc3)cs2)n1. The zero-order valence-electron chi connectivity index (χ0n) is 11.5. The molecule has 22 heavy (non-hydrogen) atoms. The van der Waals surface area contributed by atoms with E-state index in [0.29, 0.717) is 17.6 Å². The molecule has 0 atom stereocenters. The van der Waals surface area contributed by atoms with Crippen LogP contribution >= 0.6 is 22.9 Å². The van der Waals surface area contributed by atoms with Crippen molar-refractivity contribution < 1.29 is 4.74 Å². The van der Waals surface area contributed by atoms with E-state index in [0.717, 1.165) is 16.0 Å². The van der Waals surface area contributed by atoms with Crippen molar-refractivity contribution in [2.45, 2.75) is 6.61 Å². The molecule has 3 nitrogen and oxygen atoms in total. The first-order valence-electron chi connectivity index (χ1n) is 6.54. The lowest BCUT2D eigenvalue weighted by Crippen LogP contribution is -1.95. The molecule has 0 bridgehead atoms. The second-order valence-corrected chi connectivity index (χ2v) is 5.77. The fourth-order valence-corrected chi connectivity index (χ4v) is 2.59. The van der Waals surface area contributed by atoms with Gasteiger partial charge in [0.15, 0.2) is 5.15 Å². The largest absolute Gasteiger partial charge is 0.471 e. The smallest absolute Gasteiger partial charge is 0.234 e. The highest BCUT2D eigenvalue weighted by atomic mass is 35.5. The Morgan fingerprint density at radius 3 is 2.73 bits per heavy atom. The Morgan fingerprint density at radius 1 is 1.09 bits per heavy atom. The molecule has 2 heterocycles. The summed E-state index contributed by atoms with van der Waals surface area (Å²) in [6.45, 7) is 0.423. The van der Waals surface area contributed by atoms with Crippen LogP contribution in [0.3, 0.4) is 0 Å². The molecule has 0 unspecified atom stereocenters. The molecule has 0 saturated carbocycles. The van der Waals surface area contributed by atoms with Crippen molar-refractivity contribution in [2.75, 3.05) is 0 Å². The van der Waals surface area contributed by atoms with Gasteiger partial charge in [-0.15, -0.1) is 11.3 Å². The summed E-state index contributed by atoms with van der Waals surface area (Å²) < 4.78 is 5.55. The molecule has 0 aliphatic carbocycles. The van der Waals surface area contributed by atoms with Gasteiger partial charge in [0.1, 0.15) is 6.61 Å². The van der Waals surface area contributed by atoms with Crippen molar-refractivity contribution in [2.24, 2.45) is 0 Å². The van der Waals surface area contributed by atoms with Gasteiger partial charge in [-0.2, -0.15) is 4.98 Å². The minimum Gasteiger partial charge on any atom is -0.471 e. The van der Waals surface area contributed by atoms with Gasteiger partial charge in [-0.05, 0) is 18.2 Å². The molecule has 0 fully saturated rings. The van der Waals surface area contributed by atoms with Crippen LogP contribution in [0.15, 0.2) is 54.2 Å². The van der Waals surface area contributed by atoms with Crippen molar-refractivity contribution >= 4 is 22.9 Å². The molecular formula is C17H11ClN2OS. The van der Waals surface area contributed by atoms with Gasteiger partial charge in [-0.25, -0.2) is 0 Å².